The fraction of sp³-hybridized carbons (Fsp3) is 0.947. The van der Waals surface area contributed by atoms with E-state index in [2.05, 4.69) is 31.4 Å². The van der Waals surface area contributed by atoms with E-state index in [0.29, 0.717) is 5.92 Å². The summed E-state index contributed by atoms with van der Waals surface area (Å²) in [5.74, 6) is 1.44. The highest BCUT2D eigenvalue weighted by molar-refractivity contribution is 5.79. The maximum Gasteiger partial charge on any atom is 0.191 e. The third kappa shape index (κ3) is 8.88. The molecule has 1 aliphatic heterocycles. The van der Waals surface area contributed by atoms with E-state index in [1.54, 1.807) is 0 Å². The Morgan fingerprint density at radius 2 is 2.08 bits per heavy atom. The molecule has 6 nitrogen and oxygen atoms in total. The van der Waals surface area contributed by atoms with Crippen molar-refractivity contribution in [3.8, 4) is 0 Å². The zero-order valence-corrected chi connectivity index (χ0v) is 16.5. The van der Waals surface area contributed by atoms with Gasteiger partial charge in [0.15, 0.2) is 5.96 Å². The van der Waals surface area contributed by atoms with Crippen LogP contribution in [-0.4, -0.2) is 63.7 Å². The normalized spacial score (nSPS) is 18.6. The lowest BCUT2D eigenvalue weighted by Gasteiger charge is -2.29. The zero-order valence-electron chi connectivity index (χ0n) is 16.5. The first-order valence-corrected chi connectivity index (χ1v) is 9.98. The minimum absolute atomic E-state index is 0.101. The lowest BCUT2D eigenvalue weighted by atomic mass is 9.79. The van der Waals surface area contributed by atoms with Crippen LogP contribution < -0.4 is 10.6 Å². The molecule has 1 rings (SSSR count). The van der Waals surface area contributed by atoms with Crippen molar-refractivity contribution >= 4 is 5.96 Å². The average molecular weight is 358 g/mol. The second kappa shape index (κ2) is 13.4. The van der Waals surface area contributed by atoms with Crippen LogP contribution in [0.2, 0.25) is 0 Å². The van der Waals surface area contributed by atoms with Crippen molar-refractivity contribution in [3.63, 3.8) is 0 Å². The van der Waals surface area contributed by atoms with Gasteiger partial charge in [-0.2, -0.15) is 0 Å². The molecule has 3 N–H and O–H groups in total. The van der Waals surface area contributed by atoms with Gasteiger partial charge in [0, 0.05) is 45.4 Å². The lowest BCUT2D eigenvalue weighted by Crippen LogP contribution is -2.39. The molecule has 0 aromatic rings. The highest BCUT2D eigenvalue weighted by Gasteiger charge is 2.25. The number of hydrogen-bond donors (Lipinski definition) is 3. The van der Waals surface area contributed by atoms with E-state index in [0.717, 1.165) is 84.1 Å². The van der Waals surface area contributed by atoms with Gasteiger partial charge in [0.1, 0.15) is 0 Å². The second-order valence-electron chi connectivity index (χ2n) is 6.96. The standard InChI is InChI=1S/C19H39N3O3/c1-4-19(5-2,9-11-23)16-22-18(20-6-3)21-10-7-12-24-14-17-8-13-25-15-17/h17,23H,4-16H2,1-3H3,(H2,20,21,22). The van der Waals surface area contributed by atoms with Gasteiger partial charge in [0.25, 0.3) is 0 Å². The van der Waals surface area contributed by atoms with Gasteiger partial charge in [-0.15, -0.1) is 0 Å². The van der Waals surface area contributed by atoms with Crippen LogP contribution in [0.5, 0.6) is 0 Å². The van der Waals surface area contributed by atoms with Crippen LogP contribution in [0.4, 0.5) is 0 Å². The zero-order chi connectivity index (χ0) is 18.4. The Kier molecular flexibility index (Phi) is 11.9. The Bertz CT molecular complexity index is 354. The van der Waals surface area contributed by atoms with Gasteiger partial charge in [0.05, 0.1) is 13.2 Å². The minimum atomic E-state index is 0.101. The van der Waals surface area contributed by atoms with Gasteiger partial charge in [-0.3, -0.25) is 4.99 Å². The van der Waals surface area contributed by atoms with Crippen LogP contribution in [0.25, 0.3) is 0 Å². The number of guanidine groups is 1. The molecule has 1 atom stereocenters. The Morgan fingerprint density at radius 1 is 1.28 bits per heavy atom. The summed E-state index contributed by atoms with van der Waals surface area (Å²) in [5.41, 5.74) is 0.101. The van der Waals surface area contributed by atoms with Gasteiger partial charge in [0.2, 0.25) is 0 Å². The van der Waals surface area contributed by atoms with Gasteiger partial charge >= 0.3 is 0 Å². The molecule has 1 heterocycles. The van der Waals surface area contributed by atoms with Crippen LogP contribution in [0.3, 0.4) is 0 Å². The molecule has 0 radical (unpaired) electrons. The predicted molar refractivity (Wildman–Crippen MR) is 103 cm³/mol. The van der Waals surface area contributed by atoms with E-state index in [9.17, 15) is 5.11 Å². The fourth-order valence-corrected chi connectivity index (χ4v) is 3.08. The van der Waals surface area contributed by atoms with Crippen molar-refractivity contribution in [1.29, 1.82) is 0 Å². The molecule has 6 heteroatoms. The van der Waals surface area contributed by atoms with E-state index >= 15 is 0 Å². The molecular formula is C19H39N3O3. The average Bonchev–Trinajstić information content (AvgIpc) is 3.14. The lowest BCUT2D eigenvalue weighted by molar-refractivity contribution is 0.0888. The molecule has 0 aliphatic carbocycles. The number of aliphatic imine (C=N–C) groups is 1. The molecule has 25 heavy (non-hydrogen) atoms. The van der Waals surface area contributed by atoms with Crippen molar-refractivity contribution in [2.45, 2.75) is 52.9 Å². The first-order valence-electron chi connectivity index (χ1n) is 9.98. The van der Waals surface area contributed by atoms with Crippen LogP contribution in [0.15, 0.2) is 4.99 Å². The Hall–Kier alpha value is -0.850. The summed E-state index contributed by atoms with van der Waals surface area (Å²) in [6.45, 7) is 12.4. The Morgan fingerprint density at radius 3 is 2.68 bits per heavy atom. The first kappa shape index (κ1) is 22.2. The molecule has 0 saturated carbocycles. The Balaban J connectivity index is 2.29. The predicted octanol–water partition coefficient (Wildman–Crippen LogP) is 2.17. The minimum Gasteiger partial charge on any atom is -0.396 e. The molecule has 0 aromatic heterocycles. The summed E-state index contributed by atoms with van der Waals surface area (Å²) in [5, 5.41) is 16.0. The van der Waals surface area contributed by atoms with Crippen LogP contribution in [0, 0.1) is 11.3 Å². The molecule has 1 unspecified atom stereocenters. The van der Waals surface area contributed by atoms with E-state index < -0.39 is 0 Å². The molecule has 0 bridgehead atoms. The van der Waals surface area contributed by atoms with Gasteiger partial charge in [-0.05, 0) is 44.4 Å². The van der Waals surface area contributed by atoms with Crippen molar-refractivity contribution in [3.05, 3.63) is 0 Å². The van der Waals surface area contributed by atoms with Gasteiger partial charge in [-0.1, -0.05) is 13.8 Å². The first-order chi connectivity index (χ1) is 12.2. The summed E-state index contributed by atoms with van der Waals surface area (Å²) < 4.78 is 11.1. The van der Waals surface area contributed by atoms with Crippen molar-refractivity contribution < 1.29 is 14.6 Å². The van der Waals surface area contributed by atoms with E-state index in [4.69, 9.17) is 14.5 Å². The maximum absolute atomic E-state index is 9.33. The van der Waals surface area contributed by atoms with Crippen molar-refractivity contribution in [2.24, 2.45) is 16.3 Å². The fourth-order valence-electron chi connectivity index (χ4n) is 3.08. The van der Waals surface area contributed by atoms with E-state index in [1.807, 2.05) is 0 Å². The van der Waals surface area contributed by atoms with E-state index in [-0.39, 0.29) is 12.0 Å². The van der Waals surface area contributed by atoms with Gasteiger partial charge in [-0.25, -0.2) is 0 Å². The molecule has 1 saturated heterocycles. The third-order valence-electron chi connectivity index (χ3n) is 5.19. The summed E-state index contributed by atoms with van der Waals surface area (Å²) in [4.78, 5) is 4.75. The third-order valence-corrected chi connectivity index (χ3v) is 5.19. The highest BCUT2D eigenvalue weighted by Crippen LogP contribution is 2.30. The van der Waals surface area contributed by atoms with Crippen molar-refractivity contribution in [2.75, 3.05) is 52.7 Å². The maximum atomic E-state index is 9.33. The number of ether oxygens (including phenoxy) is 2. The summed E-state index contributed by atoms with van der Waals surface area (Å²) >= 11 is 0. The number of hydrogen-bond acceptors (Lipinski definition) is 4. The highest BCUT2D eigenvalue weighted by atomic mass is 16.5. The molecular weight excluding hydrogens is 318 g/mol. The quantitative estimate of drug-likeness (QED) is 0.268. The van der Waals surface area contributed by atoms with Crippen molar-refractivity contribution in [1.82, 2.24) is 10.6 Å². The molecule has 148 valence electrons. The van der Waals surface area contributed by atoms with Crippen LogP contribution >= 0.6 is 0 Å². The number of aliphatic hydroxyl groups excluding tert-OH is 1. The molecule has 0 aromatic carbocycles. The van der Waals surface area contributed by atoms with Gasteiger partial charge < -0.3 is 25.2 Å². The number of aliphatic hydroxyl groups is 1. The van der Waals surface area contributed by atoms with E-state index in [1.165, 1.54) is 0 Å². The molecule has 1 fully saturated rings. The SMILES string of the molecule is CCNC(=NCC(CC)(CC)CCO)NCCCOCC1CCOC1. The topological polar surface area (TPSA) is 75.1 Å². The molecule has 0 spiro atoms. The molecule has 0 amide bonds. The smallest absolute Gasteiger partial charge is 0.191 e. The number of rotatable bonds is 13. The van der Waals surface area contributed by atoms with Crippen LogP contribution in [0.1, 0.15) is 52.9 Å². The van der Waals surface area contributed by atoms with Crippen LogP contribution in [-0.2, 0) is 9.47 Å². The summed E-state index contributed by atoms with van der Waals surface area (Å²) in [6, 6.07) is 0. The number of nitrogens with zero attached hydrogens (tertiary/aromatic N) is 1. The monoisotopic (exact) mass is 357 g/mol. The number of nitrogens with one attached hydrogen (secondary N) is 2. The summed E-state index contributed by atoms with van der Waals surface area (Å²) in [6.07, 6.45) is 4.96. The second-order valence-corrected chi connectivity index (χ2v) is 6.96. The summed E-state index contributed by atoms with van der Waals surface area (Å²) in [7, 11) is 0. The largest absolute Gasteiger partial charge is 0.396 e. The Labute approximate surface area is 153 Å². The molecule has 1 aliphatic rings.